The first kappa shape index (κ1) is 12.9. The van der Waals surface area contributed by atoms with Crippen molar-refractivity contribution in [3.8, 4) is 0 Å². The summed E-state index contributed by atoms with van der Waals surface area (Å²) >= 11 is 0. The van der Waals surface area contributed by atoms with E-state index in [9.17, 15) is 9.59 Å². The molecule has 4 nitrogen and oxygen atoms in total. The first-order valence-corrected chi connectivity index (χ1v) is 7.35. The molecule has 3 aliphatic rings. The van der Waals surface area contributed by atoms with E-state index in [-0.39, 0.29) is 12.1 Å². The topological polar surface area (TPSA) is 46.6 Å². The number of nitrogens with zero attached hydrogens (tertiary/aromatic N) is 1. The second-order valence-electron chi connectivity index (χ2n) is 7.33. The van der Waals surface area contributed by atoms with Crippen molar-refractivity contribution in [1.82, 2.24) is 4.90 Å². The Hall–Kier alpha value is -1.06. The Kier molecular flexibility index (Phi) is 2.88. The van der Waals surface area contributed by atoms with Crippen molar-refractivity contribution >= 4 is 12.4 Å². The molecule has 3 rings (SSSR count). The maximum Gasteiger partial charge on any atom is 0.410 e. The largest absolute Gasteiger partial charge is 0.444 e. The van der Waals surface area contributed by atoms with Crippen LogP contribution in [-0.2, 0) is 9.53 Å². The van der Waals surface area contributed by atoms with E-state index >= 15 is 0 Å². The first-order chi connectivity index (χ1) is 8.90. The van der Waals surface area contributed by atoms with Crippen LogP contribution in [0, 0.1) is 23.7 Å². The Labute approximate surface area is 114 Å². The van der Waals surface area contributed by atoms with Gasteiger partial charge < -0.3 is 9.53 Å². The molecule has 4 heteroatoms. The molecule has 0 N–H and O–H groups in total. The van der Waals surface area contributed by atoms with Crippen molar-refractivity contribution in [2.24, 2.45) is 23.7 Å². The highest BCUT2D eigenvalue weighted by atomic mass is 16.6. The molecule has 0 aromatic rings. The van der Waals surface area contributed by atoms with Gasteiger partial charge in [0.15, 0.2) is 0 Å². The molecule has 1 amide bonds. The fourth-order valence-corrected chi connectivity index (χ4v) is 4.50. The highest BCUT2D eigenvalue weighted by molar-refractivity contribution is 5.75. The number of rotatable bonds is 1. The summed E-state index contributed by atoms with van der Waals surface area (Å²) in [6, 6.07) is -0.254. The number of ether oxygens (including phenoxy) is 1. The molecule has 0 radical (unpaired) electrons. The van der Waals surface area contributed by atoms with Gasteiger partial charge in [0.2, 0.25) is 0 Å². The summed E-state index contributed by atoms with van der Waals surface area (Å²) in [4.78, 5) is 25.4. The number of hydrogen-bond acceptors (Lipinski definition) is 3. The standard InChI is InChI=1S/C15H23NO3/c1-15(2,3)19-14(18)16-7-11-9-4-5-10(6-9)13(11)12(16)8-17/h8-13H,4-7H2,1-3H3. The summed E-state index contributed by atoms with van der Waals surface area (Å²) in [5.41, 5.74) is -0.499. The van der Waals surface area contributed by atoms with Crippen molar-refractivity contribution < 1.29 is 14.3 Å². The van der Waals surface area contributed by atoms with Crippen LogP contribution in [0.5, 0.6) is 0 Å². The first-order valence-electron chi connectivity index (χ1n) is 7.35. The van der Waals surface area contributed by atoms with Gasteiger partial charge in [0.05, 0.1) is 6.04 Å². The normalized spacial score (nSPS) is 40.4. The van der Waals surface area contributed by atoms with Crippen LogP contribution in [0.4, 0.5) is 4.79 Å². The molecule has 106 valence electrons. The van der Waals surface area contributed by atoms with Gasteiger partial charge in [-0.15, -0.1) is 0 Å². The average molecular weight is 265 g/mol. The number of amides is 1. The maximum atomic E-state index is 12.2. The minimum Gasteiger partial charge on any atom is -0.444 e. The summed E-state index contributed by atoms with van der Waals surface area (Å²) in [5.74, 6) is 2.30. The van der Waals surface area contributed by atoms with Crippen LogP contribution in [0.3, 0.4) is 0 Å². The monoisotopic (exact) mass is 265 g/mol. The molecule has 0 spiro atoms. The highest BCUT2D eigenvalue weighted by Gasteiger charge is 2.57. The smallest absolute Gasteiger partial charge is 0.410 e. The van der Waals surface area contributed by atoms with Crippen LogP contribution in [-0.4, -0.2) is 35.5 Å². The van der Waals surface area contributed by atoms with Gasteiger partial charge >= 0.3 is 6.09 Å². The fourth-order valence-electron chi connectivity index (χ4n) is 4.50. The van der Waals surface area contributed by atoms with Gasteiger partial charge in [-0.05, 0) is 63.7 Å². The third kappa shape index (κ3) is 2.05. The molecule has 0 aromatic heterocycles. The molecule has 5 unspecified atom stereocenters. The number of likely N-dealkylation sites (tertiary alicyclic amines) is 1. The van der Waals surface area contributed by atoms with Crippen LogP contribution >= 0.6 is 0 Å². The van der Waals surface area contributed by atoms with E-state index in [0.717, 1.165) is 12.2 Å². The van der Waals surface area contributed by atoms with Gasteiger partial charge in [-0.2, -0.15) is 0 Å². The second-order valence-corrected chi connectivity index (χ2v) is 7.33. The maximum absolute atomic E-state index is 12.2. The third-order valence-corrected chi connectivity index (χ3v) is 5.09. The van der Waals surface area contributed by atoms with Crippen LogP contribution in [0.15, 0.2) is 0 Å². The Morgan fingerprint density at radius 3 is 2.58 bits per heavy atom. The van der Waals surface area contributed by atoms with E-state index in [0.29, 0.717) is 24.3 Å². The van der Waals surface area contributed by atoms with Crippen LogP contribution in [0.2, 0.25) is 0 Å². The highest BCUT2D eigenvalue weighted by Crippen LogP contribution is 2.57. The van der Waals surface area contributed by atoms with Crippen molar-refractivity contribution in [3.63, 3.8) is 0 Å². The lowest BCUT2D eigenvalue weighted by Gasteiger charge is -2.29. The predicted octanol–water partition coefficient (Wildman–Crippen LogP) is 2.47. The van der Waals surface area contributed by atoms with E-state index in [1.165, 1.54) is 19.3 Å². The fraction of sp³-hybridized carbons (Fsp3) is 0.867. The van der Waals surface area contributed by atoms with Gasteiger partial charge in [0.1, 0.15) is 11.9 Å². The van der Waals surface area contributed by atoms with Crippen molar-refractivity contribution in [2.45, 2.75) is 51.7 Å². The molecule has 2 bridgehead atoms. The number of carbonyl (C=O) groups excluding carboxylic acids is 2. The number of carbonyl (C=O) groups is 2. The van der Waals surface area contributed by atoms with Gasteiger partial charge in [-0.1, -0.05) is 0 Å². The zero-order valence-corrected chi connectivity index (χ0v) is 12.0. The van der Waals surface area contributed by atoms with Crippen molar-refractivity contribution in [1.29, 1.82) is 0 Å². The van der Waals surface area contributed by atoms with E-state index in [2.05, 4.69) is 0 Å². The van der Waals surface area contributed by atoms with E-state index in [1.807, 2.05) is 20.8 Å². The van der Waals surface area contributed by atoms with E-state index in [4.69, 9.17) is 4.74 Å². The summed E-state index contributed by atoms with van der Waals surface area (Å²) < 4.78 is 5.44. The van der Waals surface area contributed by atoms with E-state index in [1.54, 1.807) is 4.90 Å². The molecular formula is C15H23NO3. The molecular weight excluding hydrogens is 242 g/mol. The molecule has 2 saturated carbocycles. The molecule has 1 aliphatic heterocycles. The molecule has 2 aliphatic carbocycles. The number of fused-ring (bicyclic) bond motifs is 5. The molecule has 5 atom stereocenters. The number of hydrogen-bond donors (Lipinski definition) is 0. The Morgan fingerprint density at radius 1 is 1.26 bits per heavy atom. The van der Waals surface area contributed by atoms with Crippen LogP contribution in [0.25, 0.3) is 0 Å². The Bertz CT molecular complexity index is 401. The minimum absolute atomic E-state index is 0.254. The lowest BCUT2D eigenvalue weighted by molar-refractivity contribution is -0.113. The molecule has 19 heavy (non-hydrogen) atoms. The summed E-state index contributed by atoms with van der Waals surface area (Å²) in [5, 5.41) is 0. The third-order valence-electron chi connectivity index (χ3n) is 5.09. The zero-order valence-electron chi connectivity index (χ0n) is 12.0. The molecule has 1 saturated heterocycles. The molecule has 1 heterocycles. The van der Waals surface area contributed by atoms with E-state index < -0.39 is 5.60 Å². The van der Waals surface area contributed by atoms with Crippen molar-refractivity contribution in [2.75, 3.05) is 6.54 Å². The summed E-state index contributed by atoms with van der Waals surface area (Å²) in [7, 11) is 0. The van der Waals surface area contributed by atoms with Gasteiger partial charge in [-0.25, -0.2) is 4.79 Å². The summed E-state index contributed by atoms with van der Waals surface area (Å²) in [6.07, 6.45) is 4.42. The lowest BCUT2D eigenvalue weighted by Crippen LogP contribution is -2.43. The Balaban J connectivity index is 1.77. The summed E-state index contributed by atoms with van der Waals surface area (Å²) in [6.45, 7) is 6.30. The Morgan fingerprint density at radius 2 is 1.95 bits per heavy atom. The van der Waals surface area contributed by atoms with Crippen molar-refractivity contribution in [3.05, 3.63) is 0 Å². The van der Waals surface area contributed by atoms with Gasteiger partial charge in [0.25, 0.3) is 0 Å². The molecule has 0 aromatic carbocycles. The molecule has 3 fully saturated rings. The SMILES string of the molecule is CC(C)(C)OC(=O)N1CC2C3CCC(C3)C2C1C=O. The van der Waals surface area contributed by atoms with Crippen LogP contribution < -0.4 is 0 Å². The quantitative estimate of drug-likeness (QED) is 0.684. The average Bonchev–Trinajstić information content (AvgIpc) is 2.97. The van der Waals surface area contributed by atoms with Gasteiger partial charge in [0, 0.05) is 6.54 Å². The van der Waals surface area contributed by atoms with Crippen LogP contribution in [0.1, 0.15) is 40.0 Å². The predicted molar refractivity (Wildman–Crippen MR) is 70.6 cm³/mol. The second kappa shape index (κ2) is 4.22. The number of aldehydes is 1. The minimum atomic E-state index is -0.499. The van der Waals surface area contributed by atoms with Gasteiger partial charge in [-0.3, -0.25) is 4.90 Å². The zero-order chi connectivity index (χ0) is 13.8. The lowest BCUT2D eigenvalue weighted by atomic mass is 9.79.